The number of aromatic nitrogens is 3. The molecule has 4 heterocycles. The molecule has 14 rings (SSSR count). The summed E-state index contributed by atoms with van der Waals surface area (Å²) in [6, 6.07) is 69.7. The molecule has 2 aliphatic carbocycles. The number of rotatable bonds is 7. The second kappa shape index (κ2) is 17.6. The molecule has 0 saturated carbocycles. The van der Waals surface area contributed by atoms with E-state index in [4.69, 9.17) is 15.0 Å². The summed E-state index contributed by atoms with van der Waals surface area (Å²) in [6.45, 7) is 0. The van der Waals surface area contributed by atoms with Gasteiger partial charge in [-0.15, -0.1) is 0 Å². The van der Waals surface area contributed by atoms with E-state index in [0.717, 1.165) is 87.0 Å². The van der Waals surface area contributed by atoms with Gasteiger partial charge >= 0.3 is 0 Å². The van der Waals surface area contributed by atoms with Crippen LogP contribution >= 0.6 is 0 Å². The molecule has 0 fully saturated rings. The molecule has 7 heteroatoms. The fourth-order valence-electron chi connectivity index (χ4n) is 11.8. The molecule has 0 amide bonds. The summed E-state index contributed by atoms with van der Waals surface area (Å²) < 4.78 is 2.50. The Morgan fingerprint density at radius 1 is 0.597 bits per heavy atom. The van der Waals surface area contributed by atoms with Gasteiger partial charge in [-0.05, 0) is 84.5 Å². The molecule has 2 aromatic heterocycles. The fourth-order valence-corrected chi connectivity index (χ4v) is 11.8. The monoisotopic (exact) mass is 929 g/mol. The average molecular weight is 930 g/mol. The first-order valence-corrected chi connectivity index (χ1v) is 25.4. The minimum atomic E-state index is -0.161. The standard InChI is InChI=1S/C65H51N7/c1-3-20-43(21-4-1)60-51-28-9-13-33-55(51)66-64(67-60)46-25-17-26-48(41-46)71-56-34-14-10-29-52(56)59-53-30-11-15-35-57(53)72(61(59)54-31-12-16-36-58(54)71)47-39-37-45(38-40-47)63-68-62(44-22-5-2-6-23-44)69-65(70-63)50-32-18-24-42-19-7-8-27-49(42)50/h2-3,5-20,22-37,39-41,43,45,63,65,70H,1,4,21,38H2,(H,68,69). The lowest BCUT2D eigenvalue weighted by Gasteiger charge is -2.36. The highest BCUT2D eigenvalue weighted by atomic mass is 15.3. The summed E-state index contributed by atoms with van der Waals surface area (Å²) in [5.74, 6) is 2.04. The van der Waals surface area contributed by atoms with Gasteiger partial charge < -0.3 is 14.8 Å². The minimum Gasteiger partial charge on any atom is -0.350 e. The van der Waals surface area contributed by atoms with Gasteiger partial charge in [-0.3, -0.25) is 5.32 Å². The lowest BCUT2D eigenvalue weighted by molar-refractivity contribution is 0.340. The van der Waals surface area contributed by atoms with E-state index >= 15 is 0 Å². The Bertz CT molecular complexity index is 3870. The third-order valence-electron chi connectivity index (χ3n) is 15.1. The number of amidine groups is 1. The molecule has 8 aromatic carbocycles. The van der Waals surface area contributed by atoms with Gasteiger partial charge in [-0.2, -0.15) is 0 Å². The van der Waals surface area contributed by atoms with Gasteiger partial charge in [-0.25, -0.2) is 15.0 Å². The first kappa shape index (κ1) is 42.2. The van der Waals surface area contributed by atoms with E-state index in [1.807, 2.05) is 0 Å². The highest BCUT2D eigenvalue weighted by Crippen LogP contribution is 2.55. The van der Waals surface area contributed by atoms with E-state index in [1.54, 1.807) is 0 Å². The molecule has 72 heavy (non-hydrogen) atoms. The SMILES string of the molecule is C1=CC(c2nc(-c3cccc(N4c5ccccc5-c5c(n(C6=CCC(C7N=C(c8ccccc8)NC(c8cccc9ccccc89)N7)C=C6)c6ccccc56)-c5ccccc54)c3)nc3ccccc23)CCC1. The lowest BCUT2D eigenvalue weighted by atomic mass is 9.90. The van der Waals surface area contributed by atoms with Crippen LogP contribution in [0.4, 0.5) is 17.1 Å². The predicted molar refractivity (Wildman–Crippen MR) is 297 cm³/mol. The number of para-hydroxylation sites is 4. The van der Waals surface area contributed by atoms with Gasteiger partial charge in [0, 0.05) is 61.8 Å². The molecule has 7 nitrogen and oxygen atoms in total. The highest BCUT2D eigenvalue weighted by Gasteiger charge is 2.34. The Balaban J connectivity index is 0.869. The lowest BCUT2D eigenvalue weighted by Crippen LogP contribution is -2.50. The molecule has 0 radical (unpaired) electrons. The first-order valence-electron chi connectivity index (χ1n) is 25.4. The number of aliphatic imine (C=N–C) groups is 1. The van der Waals surface area contributed by atoms with Crippen molar-refractivity contribution in [3.8, 4) is 33.8 Å². The van der Waals surface area contributed by atoms with Crippen molar-refractivity contribution >= 4 is 61.2 Å². The molecule has 0 spiro atoms. The van der Waals surface area contributed by atoms with Crippen LogP contribution in [-0.2, 0) is 0 Å². The van der Waals surface area contributed by atoms with Crippen molar-refractivity contribution in [3.63, 3.8) is 0 Å². The van der Waals surface area contributed by atoms with Crippen LogP contribution in [0.25, 0.3) is 72.0 Å². The van der Waals surface area contributed by atoms with Crippen molar-refractivity contribution in [2.75, 3.05) is 4.90 Å². The molecule has 2 N–H and O–H groups in total. The Hall–Kier alpha value is -8.65. The number of hydrogen-bond acceptors (Lipinski definition) is 6. The van der Waals surface area contributed by atoms with Crippen LogP contribution in [0.5, 0.6) is 0 Å². The molecule has 0 saturated heterocycles. The number of anilines is 3. The molecule has 346 valence electrons. The van der Waals surface area contributed by atoms with Crippen molar-refractivity contribution in [2.24, 2.45) is 10.9 Å². The third-order valence-corrected chi connectivity index (χ3v) is 15.1. The van der Waals surface area contributed by atoms with E-state index in [0.29, 0.717) is 0 Å². The van der Waals surface area contributed by atoms with Crippen LogP contribution in [0.15, 0.2) is 229 Å². The Morgan fingerprint density at radius 2 is 1.32 bits per heavy atom. The van der Waals surface area contributed by atoms with Crippen LogP contribution in [0.2, 0.25) is 0 Å². The molecular formula is C65H51N7. The van der Waals surface area contributed by atoms with Gasteiger partial charge in [0.15, 0.2) is 5.82 Å². The summed E-state index contributed by atoms with van der Waals surface area (Å²) in [5, 5.41) is 12.5. The van der Waals surface area contributed by atoms with Crippen molar-refractivity contribution < 1.29 is 0 Å². The Morgan fingerprint density at radius 3 is 2.17 bits per heavy atom. The third kappa shape index (κ3) is 7.18. The Kier molecular flexibility index (Phi) is 10.3. The van der Waals surface area contributed by atoms with E-state index < -0.39 is 0 Å². The summed E-state index contributed by atoms with van der Waals surface area (Å²) in [5.41, 5.74) is 15.7. The number of hydrogen-bond donors (Lipinski definition) is 2. The van der Waals surface area contributed by atoms with Gasteiger partial charge in [0.05, 0.1) is 33.8 Å². The number of benzene rings is 8. The highest BCUT2D eigenvalue weighted by molar-refractivity contribution is 6.14. The molecule has 4 atom stereocenters. The maximum atomic E-state index is 5.40. The van der Waals surface area contributed by atoms with E-state index in [2.05, 4.69) is 245 Å². The predicted octanol–water partition coefficient (Wildman–Crippen LogP) is 15.4. The maximum absolute atomic E-state index is 5.40. The van der Waals surface area contributed by atoms with Crippen LogP contribution in [0, 0.1) is 5.92 Å². The summed E-state index contributed by atoms with van der Waals surface area (Å²) in [7, 11) is 0. The van der Waals surface area contributed by atoms with Crippen LogP contribution in [-0.4, -0.2) is 26.5 Å². The molecular weight excluding hydrogens is 879 g/mol. The second-order valence-corrected chi connectivity index (χ2v) is 19.4. The van der Waals surface area contributed by atoms with E-state index in [1.165, 1.54) is 50.5 Å². The zero-order valence-corrected chi connectivity index (χ0v) is 39.7. The average Bonchev–Trinajstić information content (AvgIpc) is 3.74. The summed E-state index contributed by atoms with van der Waals surface area (Å²) >= 11 is 0. The van der Waals surface area contributed by atoms with Crippen LogP contribution < -0.4 is 15.5 Å². The first-order chi connectivity index (χ1) is 35.7. The fraction of sp³-hybridized carbons (Fsp3) is 0.123. The van der Waals surface area contributed by atoms with Crippen LogP contribution in [0.3, 0.4) is 0 Å². The van der Waals surface area contributed by atoms with Crippen LogP contribution in [0.1, 0.15) is 54.6 Å². The molecule has 2 aliphatic heterocycles. The van der Waals surface area contributed by atoms with Gasteiger partial charge in [0.25, 0.3) is 0 Å². The van der Waals surface area contributed by atoms with Gasteiger partial charge in [0.1, 0.15) is 18.2 Å². The van der Waals surface area contributed by atoms with Gasteiger partial charge in [-0.1, -0.05) is 182 Å². The number of allylic oxidation sites excluding steroid dienone is 5. The topological polar surface area (TPSA) is 70.4 Å². The second-order valence-electron chi connectivity index (χ2n) is 19.4. The van der Waals surface area contributed by atoms with Crippen molar-refractivity contribution in [1.29, 1.82) is 0 Å². The molecule has 0 bridgehead atoms. The van der Waals surface area contributed by atoms with E-state index in [9.17, 15) is 0 Å². The Labute approximate surface area is 419 Å². The number of fused-ring (bicyclic) bond motifs is 9. The van der Waals surface area contributed by atoms with Crippen molar-refractivity contribution in [1.82, 2.24) is 25.2 Å². The number of nitrogens with one attached hydrogen (secondary N) is 2. The number of nitrogens with zero attached hydrogens (tertiary/aromatic N) is 5. The minimum absolute atomic E-state index is 0.116. The largest absolute Gasteiger partial charge is 0.350 e. The summed E-state index contributed by atoms with van der Waals surface area (Å²) in [4.78, 5) is 18.4. The summed E-state index contributed by atoms with van der Waals surface area (Å²) in [6.07, 6.45) is 15.7. The normalized spacial score (nSPS) is 19.2. The zero-order chi connectivity index (χ0) is 47.5. The molecule has 10 aromatic rings. The van der Waals surface area contributed by atoms with Gasteiger partial charge in [0.2, 0.25) is 0 Å². The van der Waals surface area contributed by atoms with Crippen molar-refractivity contribution in [3.05, 3.63) is 241 Å². The maximum Gasteiger partial charge on any atom is 0.160 e. The molecule has 4 aliphatic rings. The van der Waals surface area contributed by atoms with Crippen molar-refractivity contribution in [2.45, 2.75) is 43.9 Å². The quantitative estimate of drug-likeness (QED) is 0.156. The smallest absolute Gasteiger partial charge is 0.160 e. The zero-order valence-electron chi connectivity index (χ0n) is 39.7. The van der Waals surface area contributed by atoms with E-state index in [-0.39, 0.29) is 24.2 Å². The molecule has 4 unspecified atom stereocenters.